The highest BCUT2D eigenvalue weighted by Crippen LogP contribution is 2.23. The van der Waals surface area contributed by atoms with E-state index in [2.05, 4.69) is 6.92 Å². The van der Waals surface area contributed by atoms with Crippen molar-refractivity contribution < 1.29 is 13.2 Å². The van der Waals surface area contributed by atoms with E-state index in [1.165, 1.54) is 12.1 Å². The van der Waals surface area contributed by atoms with Crippen molar-refractivity contribution in [2.24, 2.45) is 11.1 Å². The molecule has 0 radical (unpaired) electrons. The van der Waals surface area contributed by atoms with Gasteiger partial charge in [-0.25, -0.2) is 13.6 Å². The van der Waals surface area contributed by atoms with E-state index in [-0.39, 0.29) is 10.8 Å². The molecule has 0 aromatic heterocycles. The van der Waals surface area contributed by atoms with Crippen molar-refractivity contribution in [1.82, 2.24) is 4.90 Å². The monoisotopic (exact) mass is 310 g/mol. The number of carbonyl (C=O) groups excluding carboxylic acids is 1. The molecule has 1 heterocycles. The molecule has 2 N–H and O–H groups in total. The summed E-state index contributed by atoms with van der Waals surface area (Å²) in [5.41, 5.74) is 2.01. The second kappa shape index (κ2) is 5.77. The minimum absolute atomic E-state index is 0.000919. The SMILES string of the molecule is Cc1cc(S(N)(=O)=O)cc(C(=O)N2CCCC(C)C2)c1C. The molecule has 1 atom stereocenters. The highest BCUT2D eigenvalue weighted by atomic mass is 32.2. The molecule has 5 nitrogen and oxygen atoms in total. The van der Waals surface area contributed by atoms with Gasteiger partial charge < -0.3 is 4.90 Å². The number of rotatable bonds is 2. The number of amides is 1. The third kappa shape index (κ3) is 3.44. The Kier molecular flexibility index (Phi) is 4.39. The van der Waals surface area contributed by atoms with E-state index >= 15 is 0 Å². The zero-order valence-electron chi connectivity index (χ0n) is 12.7. The van der Waals surface area contributed by atoms with Gasteiger partial charge >= 0.3 is 0 Å². The van der Waals surface area contributed by atoms with Crippen LogP contribution in [0.5, 0.6) is 0 Å². The lowest BCUT2D eigenvalue weighted by atomic mass is 9.97. The smallest absolute Gasteiger partial charge is 0.254 e. The largest absolute Gasteiger partial charge is 0.338 e. The van der Waals surface area contributed by atoms with Crippen LogP contribution in [0.3, 0.4) is 0 Å². The van der Waals surface area contributed by atoms with Crippen LogP contribution in [0.1, 0.15) is 41.3 Å². The molecule has 0 bridgehead atoms. The van der Waals surface area contributed by atoms with Crippen molar-refractivity contribution in [1.29, 1.82) is 0 Å². The van der Waals surface area contributed by atoms with Crippen LogP contribution in [0.4, 0.5) is 0 Å². The highest BCUT2D eigenvalue weighted by molar-refractivity contribution is 7.89. The number of benzene rings is 1. The van der Waals surface area contributed by atoms with E-state index in [0.717, 1.165) is 37.1 Å². The fourth-order valence-corrected chi connectivity index (χ4v) is 3.38. The fourth-order valence-electron chi connectivity index (χ4n) is 2.76. The second-order valence-electron chi connectivity index (χ2n) is 5.96. The number of piperidine rings is 1. The molecule has 2 rings (SSSR count). The van der Waals surface area contributed by atoms with E-state index in [1.54, 1.807) is 6.92 Å². The average Bonchev–Trinajstić information content (AvgIpc) is 2.39. The van der Waals surface area contributed by atoms with Crippen molar-refractivity contribution in [3.8, 4) is 0 Å². The van der Waals surface area contributed by atoms with Crippen LogP contribution in [0.2, 0.25) is 0 Å². The van der Waals surface area contributed by atoms with Gasteiger partial charge in [-0.05, 0) is 55.9 Å². The minimum Gasteiger partial charge on any atom is -0.338 e. The molecule has 0 aliphatic carbocycles. The van der Waals surface area contributed by atoms with Crippen molar-refractivity contribution in [3.05, 3.63) is 28.8 Å². The summed E-state index contributed by atoms with van der Waals surface area (Å²) in [6.07, 6.45) is 2.11. The molecule has 0 saturated carbocycles. The number of carbonyl (C=O) groups is 1. The lowest BCUT2D eigenvalue weighted by molar-refractivity contribution is 0.0682. The van der Waals surface area contributed by atoms with Crippen LogP contribution in [0.15, 0.2) is 17.0 Å². The Balaban J connectivity index is 2.43. The van der Waals surface area contributed by atoms with Crippen LogP contribution in [0, 0.1) is 19.8 Å². The number of hydrogen-bond acceptors (Lipinski definition) is 3. The van der Waals surface area contributed by atoms with Gasteiger partial charge in [0, 0.05) is 18.7 Å². The lowest BCUT2D eigenvalue weighted by Gasteiger charge is -2.31. The van der Waals surface area contributed by atoms with Gasteiger partial charge in [-0.3, -0.25) is 4.79 Å². The van der Waals surface area contributed by atoms with E-state index in [9.17, 15) is 13.2 Å². The summed E-state index contributed by atoms with van der Waals surface area (Å²) in [7, 11) is -3.81. The maximum Gasteiger partial charge on any atom is 0.254 e. The number of nitrogens with zero attached hydrogens (tertiary/aromatic N) is 1. The molecular formula is C15H22N2O3S. The Labute approximate surface area is 126 Å². The Morgan fingerprint density at radius 2 is 2.00 bits per heavy atom. The fraction of sp³-hybridized carbons (Fsp3) is 0.533. The minimum atomic E-state index is -3.81. The predicted molar refractivity (Wildman–Crippen MR) is 81.6 cm³/mol. The molecule has 1 saturated heterocycles. The van der Waals surface area contributed by atoms with Crippen molar-refractivity contribution in [2.45, 2.75) is 38.5 Å². The summed E-state index contributed by atoms with van der Waals surface area (Å²) in [6, 6.07) is 2.92. The molecule has 1 aromatic carbocycles. The first-order valence-electron chi connectivity index (χ1n) is 7.13. The normalized spacial score (nSPS) is 19.6. The molecule has 1 fully saturated rings. The number of nitrogens with two attached hydrogens (primary N) is 1. The van der Waals surface area contributed by atoms with Gasteiger partial charge in [0.1, 0.15) is 0 Å². The molecule has 1 amide bonds. The van der Waals surface area contributed by atoms with Gasteiger partial charge in [0.05, 0.1) is 4.90 Å². The zero-order chi connectivity index (χ0) is 15.8. The molecule has 1 unspecified atom stereocenters. The molecule has 1 aliphatic rings. The quantitative estimate of drug-likeness (QED) is 0.905. The summed E-state index contributed by atoms with van der Waals surface area (Å²) in [6.45, 7) is 7.19. The first-order valence-corrected chi connectivity index (χ1v) is 8.68. The second-order valence-corrected chi connectivity index (χ2v) is 7.52. The average molecular weight is 310 g/mol. The van der Waals surface area contributed by atoms with Crippen LogP contribution in [-0.4, -0.2) is 32.3 Å². The molecule has 0 spiro atoms. The standard InChI is InChI=1S/C15H22N2O3S/c1-10-5-4-6-17(9-10)15(18)14-8-13(21(16,19)20)7-11(2)12(14)3/h7-8,10H,4-6,9H2,1-3H3,(H2,16,19,20). The molecule has 21 heavy (non-hydrogen) atoms. The Morgan fingerprint density at radius 1 is 1.33 bits per heavy atom. The van der Waals surface area contributed by atoms with E-state index in [0.29, 0.717) is 11.5 Å². The number of aryl methyl sites for hydroxylation is 1. The van der Waals surface area contributed by atoms with Crippen molar-refractivity contribution >= 4 is 15.9 Å². The van der Waals surface area contributed by atoms with Crippen LogP contribution < -0.4 is 5.14 Å². The Bertz CT molecular complexity index is 668. The third-order valence-corrected chi connectivity index (χ3v) is 5.04. The highest BCUT2D eigenvalue weighted by Gasteiger charge is 2.25. The first-order chi connectivity index (χ1) is 9.70. The molecule has 6 heteroatoms. The lowest BCUT2D eigenvalue weighted by Crippen LogP contribution is -2.39. The summed E-state index contributed by atoms with van der Waals surface area (Å²) < 4.78 is 23.1. The van der Waals surface area contributed by atoms with Gasteiger partial charge in [0.25, 0.3) is 5.91 Å². The van der Waals surface area contributed by atoms with E-state index in [1.807, 2.05) is 11.8 Å². The van der Waals surface area contributed by atoms with E-state index in [4.69, 9.17) is 5.14 Å². The summed E-state index contributed by atoms with van der Waals surface area (Å²) in [4.78, 5) is 14.5. The van der Waals surface area contributed by atoms with Gasteiger partial charge in [0.2, 0.25) is 10.0 Å². The van der Waals surface area contributed by atoms with Gasteiger partial charge in [-0.15, -0.1) is 0 Å². The van der Waals surface area contributed by atoms with Crippen LogP contribution in [-0.2, 0) is 10.0 Å². The maximum absolute atomic E-state index is 12.7. The summed E-state index contributed by atoms with van der Waals surface area (Å²) in [5, 5.41) is 5.19. The van der Waals surface area contributed by atoms with Gasteiger partial charge in [0.15, 0.2) is 0 Å². The number of likely N-dealkylation sites (tertiary alicyclic amines) is 1. The van der Waals surface area contributed by atoms with Crippen LogP contribution in [0.25, 0.3) is 0 Å². The topological polar surface area (TPSA) is 80.5 Å². The summed E-state index contributed by atoms with van der Waals surface area (Å²) >= 11 is 0. The van der Waals surface area contributed by atoms with Crippen molar-refractivity contribution in [3.63, 3.8) is 0 Å². The predicted octanol–water partition coefficient (Wildman–Crippen LogP) is 1.82. The number of hydrogen-bond donors (Lipinski definition) is 1. The number of sulfonamides is 1. The molecular weight excluding hydrogens is 288 g/mol. The Hall–Kier alpha value is -1.40. The third-order valence-electron chi connectivity index (χ3n) is 4.14. The molecule has 1 aromatic rings. The maximum atomic E-state index is 12.7. The Morgan fingerprint density at radius 3 is 2.57 bits per heavy atom. The first kappa shape index (κ1) is 16.0. The zero-order valence-corrected chi connectivity index (χ0v) is 13.5. The molecule has 116 valence electrons. The van der Waals surface area contributed by atoms with E-state index < -0.39 is 10.0 Å². The van der Waals surface area contributed by atoms with Gasteiger partial charge in [-0.1, -0.05) is 6.92 Å². The van der Waals surface area contributed by atoms with Crippen molar-refractivity contribution in [2.75, 3.05) is 13.1 Å². The van der Waals surface area contributed by atoms with Gasteiger partial charge in [-0.2, -0.15) is 0 Å². The number of primary sulfonamides is 1. The molecule has 1 aliphatic heterocycles. The van der Waals surface area contributed by atoms with Crippen LogP contribution >= 0.6 is 0 Å². The summed E-state index contributed by atoms with van der Waals surface area (Å²) in [5.74, 6) is 0.373.